The molecule has 0 spiro atoms. The Morgan fingerprint density at radius 2 is 1.50 bits per heavy atom. The van der Waals surface area contributed by atoms with Crippen molar-refractivity contribution in [2.24, 2.45) is 0 Å². The molecule has 2 amide bonds. The molecular formula is C27H26N2O2S. The number of amides is 2. The van der Waals surface area contributed by atoms with Crippen LogP contribution in [0.1, 0.15) is 23.6 Å². The molecule has 0 unspecified atom stereocenters. The number of nitrogens with one attached hydrogen (secondary N) is 1. The Kier molecular flexibility index (Phi) is 6.76. The summed E-state index contributed by atoms with van der Waals surface area (Å²) < 4.78 is 0. The third-order valence-corrected chi connectivity index (χ3v) is 6.56. The van der Waals surface area contributed by atoms with Gasteiger partial charge in [-0.05, 0) is 55.2 Å². The number of hydrogen-bond acceptors (Lipinski definition) is 4. The van der Waals surface area contributed by atoms with E-state index in [0.29, 0.717) is 23.6 Å². The normalized spacial score (nSPS) is 13.8. The highest BCUT2D eigenvalue weighted by molar-refractivity contribution is 8.04. The second-order valence-electron chi connectivity index (χ2n) is 7.79. The summed E-state index contributed by atoms with van der Waals surface area (Å²) in [6.45, 7) is 4.47. The Morgan fingerprint density at radius 1 is 0.812 bits per heavy atom. The van der Waals surface area contributed by atoms with Crippen LogP contribution < -0.4 is 5.32 Å². The van der Waals surface area contributed by atoms with E-state index in [-0.39, 0.29) is 11.8 Å². The number of nitrogens with zero attached hydrogens (tertiary/aromatic N) is 1. The van der Waals surface area contributed by atoms with Crippen molar-refractivity contribution in [3.63, 3.8) is 0 Å². The van der Waals surface area contributed by atoms with E-state index in [2.05, 4.69) is 12.2 Å². The van der Waals surface area contributed by atoms with Gasteiger partial charge in [-0.15, -0.1) is 0 Å². The molecule has 5 heteroatoms. The van der Waals surface area contributed by atoms with E-state index in [4.69, 9.17) is 0 Å². The molecule has 0 atom stereocenters. The van der Waals surface area contributed by atoms with E-state index in [0.717, 1.165) is 28.1 Å². The summed E-state index contributed by atoms with van der Waals surface area (Å²) in [4.78, 5) is 29.3. The van der Waals surface area contributed by atoms with E-state index >= 15 is 0 Å². The highest BCUT2D eigenvalue weighted by Crippen LogP contribution is 2.36. The molecule has 0 aromatic heterocycles. The van der Waals surface area contributed by atoms with Crippen LogP contribution in [0.3, 0.4) is 0 Å². The lowest BCUT2D eigenvalue weighted by Crippen LogP contribution is -2.34. The summed E-state index contributed by atoms with van der Waals surface area (Å²) in [6, 6.07) is 25.8. The van der Waals surface area contributed by atoms with Crippen molar-refractivity contribution in [1.29, 1.82) is 0 Å². The van der Waals surface area contributed by atoms with Crippen molar-refractivity contribution in [2.45, 2.75) is 31.6 Å². The van der Waals surface area contributed by atoms with Crippen LogP contribution in [-0.4, -0.2) is 23.3 Å². The Balaban J connectivity index is 1.60. The van der Waals surface area contributed by atoms with E-state index in [1.807, 2.05) is 85.8 Å². The average Bonchev–Trinajstić information content (AvgIpc) is 3.04. The Bertz CT molecular complexity index is 1140. The zero-order chi connectivity index (χ0) is 22.5. The maximum Gasteiger partial charge on any atom is 0.278 e. The third-order valence-electron chi connectivity index (χ3n) is 5.46. The second kappa shape index (κ2) is 9.88. The summed E-state index contributed by atoms with van der Waals surface area (Å²) in [5, 5.41) is 3.23. The van der Waals surface area contributed by atoms with Crippen molar-refractivity contribution >= 4 is 29.3 Å². The number of hydrogen-bond donors (Lipinski definition) is 1. The second-order valence-corrected chi connectivity index (χ2v) is 8.88. The maximum absolute atomic E-state index is 13.3. The maximum atomic E-state index is 13.3. The van der Waals surface area contributed by atoms with Crippen LogP contribution >= 0.6 is 11.8 Å². The first-order valence-corrected chi connectivity index (χ1v) is 11.6. The summed E-state index contributed by atoms with van der Waals surface area (Å²) in [6.07, 6.45) is 1.57. The summed E-state index contributed by atoms with van der Waals surface area (Å²) in [5.74, 6) is -0.524. The van der Waals surface area contributed by atoms with Gasteiger partial charge in [0.15, 0.2) is 0 Å². The van der Waals surface area contributed by atoms with Crippen LogP contribution in [0.25, 0.3) is 0 Å². The van der Waals surface area contributed by atoms with E-state index in [1.54, 1.807) is 0 Å². The van der Waals surface area contributed by atoms with Gasteiger partial charge in [0.05, 0.1) is 0 Å². The monoisotopic (exact) mass is 442 g/mol. The van der Waals surface area contributed by atoms with Gasteiger partial charge in [0.1, 0.15) is 10.6 Å². The van der Waals surface area contributed by atoms with Gasteiger partial charge in [0.25, 0.3) is 11.8 Å². The Labute approximate surface area is 193 Å². The minimum Gasteiger partial charge on any atom is -0.350 e. The van der Waals surface area contributed by atoms with Gasteiger partial charge < -0.3 is 5.32 Å². The predicted molar refractivity (Wildman–Crippen MR) is 130 cm³/mol. The first-order valence-electron chi connectivity index (χ1n) is 10.8. The molecule has 3 aromatic rings. The topological polar surface area (TPSA) is 49.4 Å². The van der Waals surface area contributed by atoms with Crippen LogP contribution in [0.2, 0.25) is 0 Å². The fraction of sp³-hybridized carbons (Fsp3) is 0.185. The zero-order valence-electron chi connectivity index (χ0n) is 18.3. The van der Waals surface area contributed by atoms with E-state index < -0.39 is 0 Å². The molecule has 1 aliphatic heterocycles. The third kappa shape index (κ3) is 4.94. The van der Waals surface area contributed by atoms with Gasteiger partial charge in [-0.1, -0.05) is 78.8 Å². The van der Waals surface area contributed by atoms with Gasteiger partial charge in [-0.2, -0.15) is 0 Å². The molecule has 1 N–H and O–H groups in total. The van der Waals surface area contributed by atoms with Crippen LogP contribution in [0, 0.1) is 6.92 Å². The molecule has 32 heavy (non-hydrogen) atoms. The Hall–Kier alpha value is -3.31. The first-order chi connectivity index (χ1) is 15.5. The van der Waals surface area contributed by atoms with Gasteiger partial charge in [-0.25, -0.2) is 0 Å². The molecule has 0 aliphatic carbocycles. The van der Waals surface area contributed by atoms with E-state index in [1.165, 1.54) is 22.2 Å². The van der Waals surface area contributed by atoms with Crippen LogP contribution in [0.4, 0.5) is 5.69 Å². The fourth-order valence-corrected chi connectivity index (χ4v) is 4.49. The highest BCUT2D eigenvalue weighted by Gasteiger charge is 2.38. The molecule has 1 aliphatic rings. The zero-order valence-corrected chi connectivity index (χ0v) is 19.1. The fourth-order valence-electron chi connectivity index (χ4n) is 3.54. The molecule has 0 fully saturated rings. The van der Waals surface area contributed by atoms with Crippen LogP contribution in [-0.2, 0) is 22.4 Å². The largest absolute Gasteiger partial charge is 0.350 e. The lowest BCUT2D eigenvalue weighted by Gasteiger charge is -2.15. The van der Waals surface area contributed by atoms with Gasteiger partial charge >= 0.3 is 0 Å². The lowest BCUT2D eigenvalue weighted by atomic mass is 10.1. The van der Waals surface area contributed by atoms with Crippen molar-refractivity contribution in [1.82, 2.24) is 4.90 Å². The van der Waals surface area contributed by atoms with Crippen molar-refractivity contribution in [3.8, 4) is 0 Å². The molecule has 4 nitrogen and oxygen atoms in total. The number of anilines is 1. The smallest absolute Gasteiger partial charge is 0.278 e. The Morgan fingerprint density at radius 3 is 2.16 bits per heavy atom. The summed E-state index contributed by atoms with van der Waals surface area (Å²) in [5.41, 5.74) is 4.61. The highest BCUT2D eigenvalue weighted by atomic mass is 32.2. The average molecular weight is 443 g/mol. The SMILES string of the molecule is CCc1ccc(NC2=C(Sc3ccc(C)cc3)C(=O)N(CCc3ccccc3)C2=O)cc1. The number of imide groups is 1. The lowest BCUT2D eigenvalue weighted by molar-refractivity contribution is -0.137. The molecule has 0 saturated carbocycles. The number of thioether (sulfide) groups is 1. The quantitative estimate of drug-likeness (QED) is 0.463. The van der Waals surface area contributed by atoms with Crippen molar-refractivity contribution in [2.75, 3.05) is 11.9 Å². The summed E-state index contributed by atoms with van der Waals surface area (Å²) in [7, 11) is 0. The molecular weight excluding hydrogens is 416 g/mol. The molecule has 162 valence electrons. The van der Waals surface area contributed by atoms with Crippen LogP contribution in [0.5, 0.6) is 0 Å². The molecule has 4 rings (SSSR count). The number of benzene rings is 3. The number of carbonyl (C=O) groups excluding carboxylic acids is 2. The standard InChI is InChI=1S/C27H26N2O2S/c1-3-20-11-13-22(14-12-20)28-24-25(32-23-15-9-19(2)10-16-23)27(31)29(26(24)30)18-17-21-7-5-4-6-8-21/h4-16,28H,3,17-18H2,1-2H3. The van der Waals surface area contributed by atoms with Crippen molar-refractivity contribution < 1.29 is 9.59 Å². The van der Waals surface area contributed by atoms with Crippen LogP contribution in [0.15, 0.2) is 94.4 Å². The van der Waals surface area contributed by atoms with Gasteiger partial charge in [0.2, 0.25) is 0 Å². The molecule has 0 radical (unpaired) electrons. The molecule has 1 heterocycles. The molecule has 3 aromatic carbocycles. The molecule has 0 bridgehead atoms. The van der Waals surface area contributed by atoms with Gasteiger partial charge in [0, 0.05) is 17.1 Å². The number of aryl methyl sites for hydroxylation is 2. The summed E-state index contributed by atoms with van der Waals surface area (Å²) >= 11 is 1.34. The predicted octanol–water partition coefficient (Wildman–Crippen LogP) is 5.58. The molecule has 0 saturated heterocycles. The van der Waals surface area contributed by atoms with E-state index in [9.17, 15) is 9.59 Å². The van der Waals surface area contributed by atoms with Gasteiger partial charge in [-0.3, -0.25) is 14.5 Å². The first kappa shape index (κ1) is 21.9. The minimum atomic E-state index is -0.278. The number of carbonyl (C=O) groups is 2. The number of rotatable bonds is 8. The van der Waals surface area contributed by atoms with Crippen molar-refractivity contribution in [3.05, 3.63) is 106 Å². The minimum absolute atomic E-state index is 0.246.